The molecule has 1 unspecified atom stereocenters. The molecular weight excluding hydrogens is 257 g/mol. The number of aryl methyl sites for hydroxylation is 1. The Kier molecular flexibility index (Phi) is 3.84. The van der Waals surface area contributed by atoms with Crippen molar-refractivity contribution in [1.29, 1.82) is 0 Å². The molecule has 102 valence electrons. The second-order valence-corrected chi connectivity index (χ2v) is 4.04. The van der Waals surface area contributed by atoms with Gasteiger partial charge in [-0.2, -0.15) is 0 Å². The maximum atomic E-state index is 13.9. The highest BCUT2D eigenvalue weighted by Gasteiger charge is 2.24. The van der Waals surface area contributed by atoms with E-state index < -0.39 is 23.5 Å². The van der Waals surface area contributed by atoms with E-state index in [2.05, 4.69) is 15.6 Å². The summed E-state index contributed by atoms with van der Waals surface area (Å²) in [7, 11) is 1.64. The number of nitrogens with one attached hydrogen (secondary N) is 1. The first-order valence-electron chi connectivity index (χ1n) is 5.77. The SMILES string of the molecule is CCNC(c1ccc(F)c(F)c1F)c1cnnn1C. The fraction of sp³-hybridized carbons (Fsp3) is 0.333. The summed E-state index contributed by atoms with van der Waals surface area (Å²) >= 11 is 0. The van der Waals surface area contributed by atoms with Gasteiger partial charge < -0.3 is 5.32 Å². The fourth-order valence-corrected chi connectivity index (χ4v) is 1.90. The molecule has 0 saturated carbocycles. The highest BCUT2D eigenvalue weighted by atomic mass is 19.2. The second kappa shape index (κ2) is 5.40. The molecule has 1 heterocycles. The third-order valence-corrected chi connectivity index (χ3v) is 2.83. The molecule has 2 aromatic rings. The van der Waals surface area contributed by atoms with Crippen molar-refractivity contribution in [3.8, 4) is 0 Å². The van der Waals surface area contributed by atoms with Gasteiger partial charge in [0.15, 0.2) is 17.5 Å². The fourth-order valence-electron chi connectivity index (χ4n) is 1.90. The zero-order chi connectivity index (χ0) is 14.0. The molecule has 1 N–H and O–H groups in total. The molecule has 0 bridgehead atoms. The summed E-state index contributed by atoms with van der Waals surface area (Å²) in [6, 6.07) is 1.48. The highest BCUT2D eigenvalue weighted by Crippen LogP contribution is 2.26. The molecule has 0 aliphatic carbocycles. The van der Waals surface area contributed by atoms with Crippen molar-refractivity contribution >= 4 is 0 Å². The van der Waals surface area contributed by atoms with Crippen LogP contribution in [0.5, 0.6) is 0 Å². The summed E-state index contributed by atoms with van der Waals surface area (Å²) in [6.45, 7) is 2.35. The quantitative estimate of drug-likeness (QED) is 0.863. The molecule has 1 aromatic carbocycles. The first-order valence-corrected chi connectivity index (χ1v) is 5.77. The van der Waals surface area contributed by atoms with Gasteiger partial charge in [0.25, 0.3) is 0 Å². The Hall–Kier alpha value is -1.89. The number of halogens is 3. The minimum atomic E-state index is -1.48. The third-order valence-electron chi connectivity index (χ3n) is 2.83. The van der Waals surface area contributed by atoms with Crippen molar-refractivity contribution in [3.63, 3.8) is 0 Å². The average Bonchev–Trinajstić information content (AvgIpc) is 2.80. The van der Waals surface area contributed by atoms with E-state index in [9.17, 15) is 13.2 Å². The number of nitrogens with zero attached hydrogens (tertiary/aromatic N) is 3. The van der Waals surface area contributed by atoms with Crippen LogP contribution in [0.4, 0.5) is 13.2 Å². The van der Waals surface area contributed by atoms with Crippen molar-refractivity contribution in [2.45, 2.75) is 13.0 Å². The van der Waals surface area contributed by atoms with Crippen LogP contribution in [0.15, 0.2) is 18.3 Å². The molecule has 0 amide bonds. The number of rotatable bonds is 4. The van der Waals surface area contributed by atoms with Crippen LogP contribution in [0.25, 0.3) is 0 Å². The molecular formula is C12H13F3N4. The normalized spacial score (nSPS) is 12.7. The summed E-state index contributed by atoms with van der Waals surface area (Å²) in [4.78, 5) is 0. The molecule has 4 nitrogen and oxygen atoms in total. The standard InChI is InChI=1S/C12H13F3N4/c1-3-16-12(9-6-17-18-19(9)2)7-4-5-8(13)11(15)10(7)14/h4-6,12,16H,3H2,1-2H3. The lowest BCUT2D eigenvalue weighted by Gasteiger charge is -2.18. The van der Waals surface area contributed by atoms with E-state index in [1.165, 1.54) is 16.9 Å². The van der Waals surface area contributed by atoms with E-state index in [0.717, 1.165) is 6.07 Å². The van der Waals surface area contributed by atoms with Crippen LogP contribution >= 0.6 is 0 Å². The Morgan fingerprint density at radius 1 is 1.26 bits per heavy atom. The summed E-state index contributed by atoms with van der Waals surface area (Å²) in [5, 5.41) is 10.5. The summed E-state index contributed by atoms with van der Waals surface area (Å²) < 4.78 is 41.6. The average molecular weight is 270 g/mol. The Morgan fingerprint density at radius 2 is 2.00 bits per heavy atom. The van der Waals surface area contributed by atoms with E-state index in [-0.39, 0.29) is 5.56 Å². The van der Waals surface area contributed by atoms with Crippen molar-refractivity contribution in [2.75, 3.05) is 6.54 Å². The van der Waals surface area contributed by atoms with Gasteiger partial charge in [0.2, 0.25) is 0 Å². The molecule has 2 rings (SSSR count). The molecule has 1 atom stereocenters. The Balaban J connectivity index is 2.52. The molecule has 0 aliphatic heterocycles. The predicted molar refractivity (Wildman–Crippen MR) is 62.8 cm³/mol. The second-order valence-electron chi connectivity index (χ2n) is 4.04. The Bertz CT molecular complexity index is 582. The van der Waals surface area contributed by atoms with Gasteiger partial charge in [0, 0.05) is 12.6 Å². The van der Waals surface area contributed by atoms with E-state index in [1.54, 1.807) is 7.05 Å². The van der Waals surface area contributed by atoms with Gasteiger partial charge in [-0.25, -0.2) is 13.2 Å². The third kappa shape index (κ3) is 2.46. The van der Waals surface area contributed by atoms with E-state index in [0.29, 0.717) is 12.2 Å². The summed E-state index contributed by atoms with van der Waals surface area (Å²) in [6.07, 6.45) is 1.45. The zero-order valence-corrected chi connectivity index (χ0v) is 10.5. The van der Waals surface area contributed by atoms with Crippen LogP contribution in [0, 0.1) is 17.5 Å². The smallest absolute Gasteiger partial charge is 0.194 e. The summed E-state index contributed by atoms with van der Waals surface area (Å²) in [5.74, 6) is -3.89. The van der Waals surface area contributed by atoms with Gasteiger partial charge in [0.05, 0.1) is 17.9 Å². The van der Waals surface area contributed by atoms with Crippen molar-refractivity contribution < 1.29 is 13.2 Å². The van der Waals surface area contributed by atoms with Crippen LogP contribution in [0.1, 0.15) is 24.2 Å². The molecule has 0 spiro atoms. The zero-order valence-electron chi connectivity index (χ0n) is 10.5. The molecule has 0 aliphatic rings. The van der Waals surface area contributed by atoms with Crippen LogP contribution in [-0.2, 0) is 7.05 Å². The molecule has 19 heavy (non-hydrogen) atoms. The van der Waals surface area contributed by atoms with Crippen LogP contribution in [0.2, 0.25) is 0 Å². The molecule has 0 saturated heterocycles. The van der Waals surface area contributed by atoms with Gasteiger partial charge in [-0.15, -0.1) is 5.10 Å². The molecule has 0 fully saturated rings. The first kappa shape index (κ1) is 13.5. The van der Waals surface area contributed by atoms with Gasteiger partial charge >= 0.3 is 0 Å². The van der Waals surface area contributed by atoms with Crippen molar-refractivity contribution in [1.82, 2.24) is 20.3 Å². The van der Waals surface area contributed by atoms with Gasteiger partial charge in [-0.3, -0.25) is 4.68 Å². The first-order chi connectivity index (χ1) is 9.06. The number of hydrogen-bond acceptors (Lipinski definition) is 3. The van der Waals surface area contributed by atoms with E-state index >= 15 is 0 Å². The minimum Gasteiger partial charge on any atom is -0.305 e. The van der Waals surface area contributed by atoms with E-state index in [1.807, 2.05) is 6.92 Å². The lowest BCUT2D eigenvalue weighted by Crippen LogP contribution is -2.25. The molecule has 1 aromatic heterocycles. The van der Waals surface area contributed by atoms with Crippen molar-refractivity contribution in [3.05, 3.63) is 47.0 Å². The maximum absolute atomic E-state index is 13.9. The Morgan fingerprint density at radius 3 is 2.58 bits per heavy atom. The van der Waals surface area contributed by atoms with Crippen LogP contribution < -0.4 is 5.32 Å². The monoisotopic (exact) mass is 270 g/mol. The van der Waals surface area contributed by atoms with Gasteiger partial charge in [-0.05, 0) is 12.6 Å². The highest BCUT2D eigenvalue weighted by molar-refractivity contribution is 5.29. The number of hydrogen-bond donors (Lipinski definition) is 1. The van der Waals surface area contributed by atoms with Crippen molar-refractivity contribution in [2.24, 2.45) is 7.05 Å². The van der Waals surface area contributed by atoms with Gasteiger partial charge in [0.1, 0.15) is 0 Å². The van der Waals surface area contributed by atoms with Crippen LogP contribution in [0.3, 0.4) is 0 Å². The number of aromatic nitrogens is 3. The topological polar surface area (TPSA) is 42.7 Å². The molecule has 7 heteroatoms. The van der Waals surface area contributed by atoms with E-state index in [4.69, 9.17) is 0 Å². The molecule has 0 radical (unpaired) electrons. The minimum absolute atomic E-state index is 0.0196. The number of benzene rings is 1. The predicted octanol–water partition coefficient (Wildman–Crippen LogP) is 1.93. The van der Waals surface area contributed by atoms with Gasteiger partial charge in [-0.1, -0.05) is 18.2 Å². The maximum Gasteiger partial charge on any atom is 0.194 e. The Labute approximate surface area is 108 Å². The lowest BCUT2D eigenvalue weighted by molar-refractivity contribution is 0.430. The largest absolute Gasteiger partial charge is 0.305 e. The lowest BCUT2D eigenvalue weighted by atomic mass is 10.0. The van der Waals surface area contributed by atoms with Crippen LogP contribution in [-0.4, -0.2) is 21.5 Å². The summed E-state index contributed by atoms with van der Waals surface area (Å²) in [5.41, 5.74) is 0.581.